The van der Waals surface area contributed by atoms with Gasteiger partial charge in [-0.2, -0.15) is 0 Å². The van der Waals surface area contributed by atoms with Gasteiger partial charge in [0.1, 0.15) is 0 Å². The standard InChI is InChI=1S/C10H13NO3S/c12-10-7-15(13,14)6-9(10)11-8-4-2-1-3-5-8/h1-5,9-12H,6-7H2/t9-,10-/m1/s1. The lowest BCUT2D eigenvalue weighted by Crippen LogP contribution is -2.31. The number of hydrogen-bond donors (Lipinski definition) is 2. The minimum absolute atomic E-state index is 0.00304. The van der Waals surface area contributed by atoms with Crippen molar-refractivity contribution in [1.82, 2.24) is 0 Å². The smallest absolute Gasteiger partial charge is 0.155 e. The van der Waals surface area contributed by atoms with Gasteiger partial charge in [-0.1, -0.05) is 18.2 Å². The first-order valence-corrected chi connectivity index (χ1v) is 6.59. The molecule has 0 spiro atoms. The van der Waals surface area contributed by atoms with Gasteiger partial charge < -0.3 is 10.4 Å². The number of sulfone groups is 1. The van der Waals surface area contributed by atoms with Gasteiger partial charge in [0, 0.05) is 5.69 Å². The fourth-order valence-corrected chi connectivity index (χ4v) is 3.46. The van der Waals surface area contributed by atoms with E-state index in [0.717, 1.165) is 5.69 Å². The lowest BCUT2D eigenvalue weighted by molar-refractivity contribution is 0.190. The minimum atomic E-state index is -3.08. The van der Waals surface area contributed by atoms with Gasteiger partial charge in [0.05, 0.1) is 23.7 Å². The summed E-state index contributed by atoms with van der Waals surface area (Å²) in [5, 5.41) is 12.6. The van der Waals surface area contributed by atoms with Crippen LogP contribution in [0.15, 0.2) is 30.3 Å². The first-order chi connectivity index (χ1) is 7.07. The largest absolute Gasteiger partial charge is 0.390 e. The molecule has 0 unspecified atom stereocenters. The Kier molecular flexibility index (Phi) is 2.67. The van der Waals surface area contributed by atoms with Crippen molar-refractivity contribution in [1.29, 1.82) is 0 Å². The molecule has 0 saturated carbocycles. The first-order valence-electron chi connectivity index (χ1n) is 4.77. The van der Waals surface area contributed by atoms with Crippen LogP contribution >= 0.6 is 0 Å². The Hall–Kier alpha value is -1.07. The average Bonchev–Trinajstić information content (AvgIpc) is 2.41. The van der Waals surface area contributed by atoms with Crippen LogP contribution in [-0.4, -0.2) is 37.2 Å². The highest BCUT2D eigenvalue weighted by Crippen LogP contribution is 2.17. The molecule has 1 aliphatic rings. The summed E-state index contributed by atoms with van der Waals surface area (Å²) in [6.45, 7) is 0. The van der Waals surface area contributed by atoms with E-state index in [1.807, 2.05) is 30.3 Å². The Morgan fingerprint density at radius 3 is 2.40 bits per heavy atom. The van der Waals surface area contributed by atoms with Crippen molar-refractivity contribution in [3.05, 3.63) is 30.3 Å². The zero-order chi connectivity index (χ0) is 10.9. The zero-order valence-corrected chi connectivity index (χ0v) is 8.94. The Balaban J connectivity index is 2.08. The van der Waals surface area contributed by atoms with Gasteiger partial charge in [-0.05, 0) is 12.1 Å². The molecule has 1 aromatic carbocycles. The normalized spacial score (nSPS) is 28.9. The molecule has 0 bridgehead atoms. The van der Waals surface area contributed by atoms with E-state index in [0.29, 0.717) is 0 Å². The lowest BCUT2D eigenvalue weighted by atomic mass is 10.2. The maximum absolute atomic E-state index is 11.2. The number of aliphatic hydroxyl groups is 1. The van der Waals surface area contributed by atoms with Crippen molar-refractivity contribution in [2.45, 2.75) is 12.1 Å². The molecule has 2 N–H and O–H groups in total. The summed E-state index contributed by atoms with van der Waals surface area (Å²) in [5.41, 5.74) is 0.832. The summed E-state index contributed by atoms with van der Waals surface area (Å²) in [4.78, 5) is 0. The molecule has 1 fully saturated rings. The molecule has 0 aliphatic carbocycles. The van der Waals surface area contributed by atoms with Gasteiger partial charge in [0.15, 0.2) is 9.84 Å². The first kappa shape index (κ1) is 10.4. The van der Waals surface area contributed by atoms with Crippen LogP contribution in [0.2, 0.25) is 0 Å². The van der Waals surface area contributed by atoms with Crippen LogP contribution in [0.25, 0.3) is 0 Å². The number of benzene rings is 1. The van der Waals surface area contributed by atoms with E-state index in [1.165, 1.54) is 0 Å². The molecule has 2 atom stereocenters. The number of anilines is 1. The number of nitrogens with one attached hydrogen (secondary N) is 1. The van der Waals surface area contributed by atoms with E-state index in [2.05, 4.69) is 5.32 Å². The molecule has 1 heterocycles. The highest BCUT2D eigenvalue weighted by molar-refractivity contribution is 7.91. The molecular formula is C10H13NO3S. The fraction of sp³-hybridized carbons (Fsp3) is 0.400. The summed E-state index contributed by atoms with van der Waals surface area (Å²) in [5.74, 6) is -0.138. The highest BCUT2D eigenvalue weighted by Gasteiger charge is 2.36. The van der Waals surface area contributed by atoms with E-state index in [1.54, 1.807) is 0 Å². The van der Waals surface area contributed by atoms with E-state index in [9.17, 15) is 13.5 Å². The molecule has 5 heteroatoms. The van der Waals surface area contributed by atoms with Crippen molar-refractivity contribution in [3.63, 3.8) is 0 Å². The molecule has 4 nitrogen and oxygen atoms in total. The molecular weight excluding hydrogens is 214 g/mol. The van der Waals surface area contributed by atoms with E-state index in [4.69, 9.17) is 0 Å². The van der Waals surface area contributed by atoms with Gasteiger partial charge in [0.2, 0.25) is 0 Å². The van der Waals surface area contributed by atoms with Gasteiger partial charge in [-0.15, -0.1) is 0 Å². The Bertz CT molecular complexity index is 429. The van der Waals surface area contributed by atoms with Crippen LogP contribution in [0.4, 0.5) is 5.69 Å². The third-order valence-corrected chi connectivity index (χ3v) is 4.16. The van der Waals surface area contributed by atoms with Crippen molar-refractivity contribution >= 4 is 15.5 Å². The second-order valence-electron chi connectivity index (χ2n) is 3.76. The van der Waals surface area contributed by atoms with Gasteiger partial charge in [0.25, 0.3) is 0 Å². The Labute approximate surface area is 88.9 Å². The topological polar surface area (TPSA) is 66.4 Å². The highest BCUT2D eigenvalue weighted by atomic mass is 32.2. The van der Waals surface area contributed by atoms with Crippen LogP contribution in [0.5, 0.6) is 0 Å². The van der Waals surface area contributed by atoms with Gasteiger partial charge >= 0.3 is 0 Å². The maximum atomic E-state index is 11.2. The second kappa shape index (κ2) is 3.83. The molecule has 0 amide bonds. The summed E-state index contributed by atoms with van der Waals surface area (Å²) < 4.78 is 22.5. The van der Waals surface area contributed by atoms with Crippen LogP contribution in [0, 0.1) is 0 Å². The van der Waals surface area contributed by atoms with E-state index >= 15 is 0 Å². The summed E-state index contributed by atoms with van der Waals surface area (Å²) >= 11 is 0. The van der Waals surface area contributed by atoms with Gasteiger partial charge in [-0.25, -0.2) is 8.42 Å². The van der Waals surface area contributed by atoms with Crippen molar-refractivity contribution < 1.29 is 13.5 Å². The van der Waals surface area contributed by atoms with Crippen molar-refractivity contribution in [3.8, 4) is 0 Å². The van der Waals surface area contributed by atoms with Gasteiger partial charge in [-0.3, -0.25) is 0 Å². The second-order valence-corrected chi connectivity index (χ2v) is 5.91. The number of para-hydroxylation sites is 1. The summed E-state index contributed by atoms with van der Waals surface area (Å²) in [6.07, 6.45) is -0.810. The average molecular weight is 227 g/mol. The third-order valence-electron chi connectivity index (χ3n) is 2.45. The lowest BCUT2D eigenvalue weighted by Gasteiger charge is -2.15. The molecule has 82 valence electrons. The molecule has 0 radical (unpaired) electrons. The molecule has 1 saturated heterocycles. The summed E-state index contributed by atoms with van der Waals surface area (Å²) in [7, 11) is -3.08. The number of aliphatic hydroxyl groups excluding tert-OH is 1. The molecule has 0 aromatic heterocycles. The molecule has 1 aliphatic heterocycles. The molecule has 15 heavy (non-hydrogen) atoms. The number of hydrogen-bond acceptors (Lipinski definition) is 4. The van der Waals surface area contributed by atoms with Crippen LogP contribution < -0.4 is 5.32 Å². The summed E-state index contributed by atoms with van der Waals surface area (Å²) in [6, 6.07) is 8.90. The fourth-order valence-electron chi connectivity index (χ4n) is 1.72. The Morgan fingerprint density at radius 1 is 1.20 bits per heavy atom. The third kappa shape index (κ3) is 2.49. The SMILES string of the molecule is O=S1(=O)C[C@@H](O)[C@H](Nc2ccccc2)C1. The Morgan fingerprint density at radius 2 is 1.87 bits per heavy atom. The molecule has 1 aromatic rings. The number of rotatable bonds is 2. The predicted molar refractivity (Wildman–Crippen MR) is 58.5 cm³/mol. The maximum Gasteiger partial charge on any atom is 0.155 e. The quantitative estimate of drug-likeness (QED) is 0.760. The van der Waals surface area contributed by atoms with Crippen LogP contribution in [0.1, 0.15) is 0 Å². The van der Waals surface area contributed by atoms with E-state index in [-0.39, 0.29) is 11.5 Å². The minimum Gasteiger partial charge on any atom is -0.390 e. The van der Waals surface area contributed by atoms with Crippen molar-refractivity contribution in [2.24, 2.45) is 0 Å². The monoisotopic (exact) mass is 227 g/mol. The van der Waals surface area contributed by atoms with Crippen LogP contribution in [0.3, 0.4) is 0 Å². The molecule has 2 rings (SSSR count). The van der Waals surface area contributed by atoms with Crippen LogP contribution in [-0.2, 0) is 9.84 Å². The van der Waals surface area contributed by atoms with E-state index < -0.39 is 22.0 Å². The van der Waals surface area contributed by atoms with Crippen molar-refractivity contribution in [2.75, 3.05) is 16.8 Å². The zero-order valence-electron chi connectivity index (χ0n) is 8.13. The predicted octanol–water partition coefficient (Wildman–Crippen LogP) is 0.256.